The molecule has 1 amide bonds. The first-order chi connectivity index (χ1) is 4.84. The molecule has 0 saturated carbocycles. The van der Waals surface area contributed by atoms with Crippen LogP contribution < -0.4 is 0 Å². The van der Waals surface area contributed by atoms with Gasteiger partial charge >= 0.3 is 6.09 Å². The van der Waals surface area contributed by atoms with Crippen LogP contribution in [0.4, 0.5) is 4.79 Å². The van der Waals surface area contributed by atoms with Crippen molar-refractivity contribution in [2.75, 3.05) is 18.9 Å². The van der Waals surface area contributed by atoms with E-state index < -0.39 is 0 Å². The second-order valence-corrected chi connectivity index (χ2v) is 3.10. The third kappa shape index (κ3) is 1.80. The summed E-state index contributed by atoms with van der Waals surface area (Å²) in [5.41, 5.74) is 0. The van der Waals surface area contributed by atoms with Crippen LogP contribution in [0.25, 0.3) is 0 Å². The van der Waals surface area contributed by atoms with Gasteiger partial charge in [-0.15, -0.1) is 0 Å². The van der Waals surface area contributed by atoms with Crippen molar-refractivity contribution >= 4 is 18.0 Å². The Kier molecular flexibility index (Phi) is 2.86. The molecule has 4 heteroatoms. The Morgan fingerprint density at radius 1 is 1.80 bits per heavy atom. The summed E-state index contributed by atoms with van der Waals surface area (Å²) in [6, 6.07) is 0. The van der Waals surface area contributed by atoms with E-state index in [1.54, 1.807) is 16.3 Å². The summed E-state index contributed by atoms with van der Waals surface area (Å²) in [7, 11) is 0. The van der Waals surface area contributed by atoms with E-state index in [0.29, 0.717) is 6.61 Å². The number of carbonyl (C=O) groups excluding carboxylic acids is 1. The van der Waals surface area contributed by atoms with E-state index in [2.05, 4.69) is 0 Å². The lowest BCUT2D eigenvalue weighted by Gasteiger charge is -2.11. The van der Waals surface area contributed by atoms with Gasteiger partial charge in [0.05, 0.1) is 6.61 Å². The number of amides is 1. The van der Waals surface area contributed by atoms with Crippen molar-refractivity contribution in [1.29, 1.82) is 0 Å². The molecule has 0 aromatic rings. The van der Waals surface area contributed by atoms with Crippen molar-refractivity contribution in [3.8, 4) is 0 Å². The molecule has 0 bridgehead atoms. The van der Waals surface area contributed by atoms with Gasteiger partial charge in [-0.2, -0.15) is 0 Å². The standard InChI is InChI=1S/C6H11NO2S/c1-2-9-6(8)7-4-3-5-10-7/h2-5H2,1H3. The summed E-state index contributed by atoms with van der Waals surface area (Å²) < 4.78 is 6.46. The van der Waals surface area contributed by atoms with Crippen molar-refractivity contribution in [3.05, 3.63) is 0 Å². The van der Waals surface area contributed by atoms with E-state index in [1.807, 2.05) is 6.92 Å². The summed E-state index contributed by atoms with van der Waals surface area (Å²) in [4.78, 5) is 10.9. The molecule has 58 valence electrons. The highest BCUT2D eigenvalue weighted by atomic mass is 32.2. The van der Waals surface area contributed by atoms with Crippen LogP contribution in [-0.2, 0) is 4.74 Å². The average Bonchev–Trinajstić information content (AvgIpc) is 2.38. The van der Waals surface area contributed by atoms with Crippen LogP contribution in [0.3, 0.4) is 0 Å². The maximum absolute atomic E-state index is 10.9. The minimum atomic E-state index is -0.190. The fraction of sp³-hybridized carbons (Fsp3) is 0.833. The zero-order valence-corrected chi connectivity index (χ0v) is 6.82. The topological polar surface area (TPSA) is 29.5 Å². The average molecular weight is 161 g/mol. The molecule has 0 aromatic heterocycles. The van der Waals surface area contributed by atoms with Gasteiger partial charge in [0.25, 0.3) is 0 Å². The SMILES string of the molecule is CCOC(=O)N1CCCS1. The highest BCUT2D eigenvalue weighted by Crippen LogP contribution is 2.20. The van der Waals surface area contributed by atoms with Gasteiger partial charge in [-0.3, -0.25) is 4.31 Å². The quantitative estimate of drug-likeness (QED) is 0.546. The number of carbonyl (C=O) groups is 1. The fourth-order valence-electron chi connectivity index (χ4n) is 0.787. The van der Waals surface area contributed by atoms with E-state index >= 15 is 0 Å². The van der Waals surface area contributed by atoms with Crippen LogP contribution in [0, 0.1) is 0 Å². The molecular formula is C6H11NO2S. The molecule has 1 aliphatic heterocycles. The third-order valence-electron chi connectivity index (χ3n) is 1.22. The van der Waals surface area contributed by atoms with Crippen LogP contribution in [-0.4, -0.2) is 29.3 Å². The Morgan fingerprint density at radius 3 is 3.10 bits per heavy atom. The number of ether oxygens (including phenoxy) is 1. The summed E-state index contributed by atoms with van der Waals surface area (Å²) in [5.74, 6) is 1.04. The van der Waals surface area contributed by atoms with E-state index in [1.165, 1.54) is 0 Å². The normalized spacial score (nSPS) is 17.5. The zero-order valence-electron chi connectivity index (χ0n) is 6.00. The van der Waals surface area contributed by atoms with Gasteiger partial charge in [0.1, 0.15) is 0 Å². The molecular weight excluding hydrogens is 150 g/mol. The predicted octanol–water partition coefficient (Wildman–Crippen LogP) is 1.50. The van der Waals surface area contributed by atoms with E-state index in [9.17, 15) is 4.79 Å². The summed E-state index contributed by atoms with van der Waals surface area (Å²) in [5, 5.41) is 0. The first-order valence-corrected chi connectivity index (χ1v) is 4.36. The van der Waals surface area contributed by atoms with Gasteiger partial charge in [-0.25, -0.2) is 4.79 Å². The van der Waals surface area contributed by atoms with Crippen molar-refractivity contribution in [2.45, 2.75) is 13.3 Å². The zero-order chi connectivity index (χ0) is 7.40. The second-order valence-electron chi connectivity index (χ2n) is 1.99. The van der Waals surface area contributed by atoms with Crippen LogP contribution in [0.5, 0.6) is 0 Å². The molecule has 1 fully saturated rings. The molecule has 0 aliphatic carbocycles. The molecule has 0 N–H and O–H groups in total. The van der Waals surface area contributed by atoms with E-state index in [-0.39, 0.29) is 6.09 Å². The predicted molar refractivity (Wildman–Crippen MR) is 40.8 cm³/mol. The molecule has 1 saturated heterocycles. The summed E-state index contributed by atoms with van der Waals surface area (Å²) in [6.07, 6.45) is 0.897. The van der Waals surface area contributed by atoms with Gasteiger partial charge in [-0.1, -0.05) is 0 Å². The van der Waals surface area contributed by atoms with Crippen LogP contribution in [0.1, 0.15) is 13.3 Å². The van der Waals surface area contributed by atoms with Gasteiger partial charge in [0.15, 0.2) is 0 Å². The number of hydrogen-bond acceptors (Lipinski definition) is 3. The van der Waals surface area contributed by atoms with Crippen molar-refractivity contribution < 1.29 is 9.53 Å². The first-order valence-electron chi connectivity index (χ1n) is 3.42. The van der Waals surface area contributed by atoms with E-state index in [4.69, 9.17) is 4.74 Å². The minimum Gasteiger partial charge on any atom is -0.449 e. The van der Waals surface area contributed by atoms with Gasteiger partial charge < -0.3 is 4.74 Å². The van der Waals surface area contributed by atoms with Crippen molar-refractivity contribution in [1.82, 2.24) is 4.31 Å². The Labute approximate surface area is 64.9 Å². The van der Waals surface area contributed by atoms with Crippen LogP contribution >= 0.6 is 11.9 Å². The Hall–Kier alpha value is -0.380. The number of hydrogen-bond donors (Lipinski definition) is 0. The summed E-state index contributed by atoms with van der Waals surface area (Å²) >= 11 is 1.55. The molecule has 0 radical (unpaired) electrons. The van der Waals surface area contributed by atoms with Crippen molar-refractivity contribution in [3.63, 3.8) is 0 Å². The number of nitrogens with zero attached hydrogens (tertiary/aromatic N) is 1. The maximum Gasteiger partial charge on any atom is 0.419 e. The molecule has 0 spiro atoms. The molecule has 0 unspecified atom stereocenters. The molecule has 3 nitrogen and oxygen atoms in total. The van der Waals surface area contributed by atoms with Gasteiger partial charge in [-0.05, 0) is 25.3 Å². The molecule has 1 heterocycles. The molecule has 0 atom stereocenters. The number of rotatable bonds is 1. The third-order valence-corrected chi connectivity index (χ3v) is 2.34. The lowest BCUT2D eigenvalue weighted by Crippen LogP contribution is -2.22. The van der Waals surface area contributed by atoms with Crippen LogP contribution in [0.2, 0.25) is 0 Å². The Balaban J connectivity index is 2.25. The Morgan fingerprint density at radius 2 is 2.60 bits per heavy atom. The maximum atomic E-state index is 10.9. The molecule has 1 rings (SSSR count). The minimum absolute atomic E-state index is 0.190. The monoisotopic (exact) mass is 161 g/mol. The van der Waals surface area contributed by atoms with Gasteiger partial charge in [0.2, 0.25) is 0 Å². The molecule has 0 aromatic carbocycles. The lowest BCUT2D eigenvalue weighted by atomic mass is 10.5. The smallest absolute Gasteiger partial charge is 0.419 e. The summed E-state index contributed by atoms with van der Waals surface area (Å²) in [6.45, 7) is 3.12. The second kappa shape index (κ2) is 3.71. The largest absolute Gasteiger partial charge is 0.449 e. The van der Waals surface area contributed by atoms with Crippen LogP contribution in [0.15, 0.2) is 0 Å². The lowest BCUT2D eigenvalue weighted by molar-refractivity contribution is 0.135. The molecule has 1 aliphatic rings. The fourth-order valence-corrected chi connectivity index (χ4v) is 1.68. The highest BCUT2D eigenvalue weighted by molar-refractivity contribution is 7.97. The first kappa shape index (κ1) is 7.72. The van der Waals surface area contributed by atoms with E-state index in [0.717, 1.165) is 18.7 Å². The van der Waals surface area contributed by atoms with Crippen molar-refractivity contribution in [2.24, 2.45) is 0 Å². The van der Waals surface area contributed by atoms with Gasteiger partial charge in [0, 0.05) is 12.3 Å². The highest BCUT2D eigenvalue weighted by Gasteiger charge is 2.19. The Bertz CT molecular complexity index is 123. The molecule has 10 heavy (non-hydrogen) atoms.